The molecule has 3 N–H and O–H groups in total. The predicted octanol–water partition coefficient (Wildman–Crippen LogP) is 5.73. The molecule has 2 aromatic carbocycles. The number of alkyl carbamates (subject to hydrolysis) is 1. The summed E-state index contributed by atoms with van der Waals surface area (Å²) >= 11 is 12.2. The van der Waals surface area contributed by atoms with Crippen molar-refractivity contribution < 1.29 is 23.4 Å². The van der Waals surface area contributed by atoms with Crippen molar-refractivity contribution in [3.63, 3.8) is 0 Å². The van der Waals surface area contributed by atoms with E-state index in [-0.39, 0.29) is 39.2 Å². The van der Waals surface area contributed by atoms with Gasteiger partial charge in [-0.3, -0.25) is 5.32 Å². The van der Waals surface area contributed by atoms with E-state index < -0.39 is 41.3 Å². The van der Waals surface area contributed by atoms with E-state index in [9.17, 15) is 15.2 Å². The van der Waals surface area contributed by atoms with Crippen molar-refractivity contribution in [3.05, 3.63) is 69.2 Å². The maximum absolute atomic E-state index is 15.7. The lowest BCUT2D eigenvalue weighted by Crippen LogP contribution is -2.47. The molecular formula is C30H36Cl2F2N4O3. The first kappa shape index (κ1) is 31.5. The van der Waals surface area contributed by atoms with Crippen molar-refractivity contribution in [2.24, 2.45) is 5.41 Å². The fourth-order valence-electron chi connectivity index (χ4n) is 6.13. The fraction of sp³-hybridized carbons (Fsp3) is 0.533. The van der Waals surface area contributed by atoms with Crippen LogP contribution in [0.4, 0.5) is 13.6 Å². The van der Waals surface area contributed by atoms with Crippen LogP contribution < -0.4 is 10.6 Å². The summed E-state index contributed by atoms with van der Waals surface area (Å²) in [5, 5.41) is 26.2. The number of aliphatic hydroxyl groups excluding tert-OH is 1. The number of nitrogens with zero attached hydrogens (tertiary/aromatic N) is 2. The first-order valence-corrected chi connectivity index (χ1v) is 14.5. The Balaban J connectivity index is 1.75. The van der Waals surface area contributed by atoms with Gasteiger partial charge in [0.15, 0.2) is 6.23 Å². The van der Waals surface area contributed by atoms with Crippen molar-refractivity contribution in [2.75, 3.05) is 26.2 Å². The molecule has 11 heteroatoms. The van der Waals surface area contributed by atoms with Crippen LogP contribution in [0.3, 0.4) is 0 Å². The van der Waals surface area contributed by atoms with E-state index in [2.05, 4.69) is 21.6 Å². The number of piperidine rings is 1. The second kappa shape index (κ2) is 12.8. The molecule has 41 heavy (non-hydrogen) atoms. The molecule has 1 amide bonds. The smallest absolute Gasteiger partial charge is 0.408 e. The average molecular weight is 610 g/mol. The summed E-state index contributed by atoms with van der Waals surface area (Å²) in [4.78, 5) is 15.3. The Labute approximate surface area is 249 Å². The highest BCUT2D eigenvalue weighted by molar-refractivity contribution is 6.31. The number of carbonyl (C=O) groups is 1. The lowest BCUT2D eigenvalue weighted by molar-refractivity contribution is 0.0674. The molecule has 2 heterocycles. The van der Waals surface area contributed by atoms with Crippen LogP contribution in [0.5, 0.6) is 0 Å². The van der Waals surface area contributed by atoms with Crippen LogP contribution in [-0.4, -0.2) is 60.7 Å². The number of ether oxygens (including phenoxy) is 1. The van der Waals surface area contributed by atoms with Crippen LogP contribution in [0.25, 0.3) is 0 Å². The SMILES string of the molecule is CC(C)(C)C[C@@H]1N[C@H](OC(=O)NC2CCN(CCO)CC2)[C@H](c2cccc(Cl)c2F)[C@@]1(C#N)c1ccc(Cl)cc1F. The lowest BCUT2D eigenvalue weighted by atomic mass is 9.63. The minimum Gasteiger partial charge on any atom is -0.430 e. The zero-order valence-corrected chi connectivity index (χ0v) is 24.9. The second-order valence-corrected chi connectivity index (χ2v) is 12.9. The van der Waals surface area contributed by atoms with E-state index in [0.717, 1.165) is 6.07 Å². The molecule has 0 saturated carbocycles. The normalized spacial score (nSPS) is 25.6. The first-order valence-electron chi connectivity index (χ1n) is 13.8. The average Bonchev–Trinajstić information content (AvgIpc) is 3.18. The number of hydrogen-bond donors (Lipinski definition) is 3. The molecule has 4 rings (SSSR count). The highest BCUT2D eigenvalue weighted by atomic mass is 35.5. The molecule has 0 bridgehead atoms. The topological polar surface area (TPSA) is 97.6 Å². The van der Waals surface area contributed by atoms with E-state index in [4.69, 9.17) is 27.9 Å². The molecule has 222 valence electrons. The minimum atomic E-state index is -1.69. The van der Waals surface area contributed by atoms with Gasteiger partial charge in [-0.1, -0.05) is 62.2 Å². The highest BCUT2D eigenvalue weighted by Gasteiger charge is 2.61. The number of rotatable bonds is 7. The van der Waals surface area contributed by atoms with Gasteiger partial charge in [-0.25, -0.2) is 13.6 Å². The van der Waals surface area contributed by atoms with Gasteiger partial charge in [0.1, 0.15) is 17.0 Å². The van der Waals surface area contributed by atoms with E-state index in [1.54, 1.807) is 6.07 Å². The lowest BCUT2D eigenvalue weighted by Gasteiger charge is -2.37. The van der Waals surface area contributed by atoms with Gasteiger partial charge >= 0.3 is 6.09 Å². The van der Waals surface area contributed by atoms with Crippen molar-refractivity contribution in [2.45, 2.75) is 69.7 Å². The molecule has 0 radical (unpaired) electrons. The van der Waals surface area contributed by atoms with Gasteiger partial charge in [-0.2, -0.15) is 5.26 Å². The van der Waals surface area contributed by atoms with Gasteiger partial charge in [0.05, 0.1) is 23.6 Å². The molecule has 2 aromatic rings. The predicted molar refractivity (Wildman–Crippen MR) is 154 cm³/mol. The largest absolute Gasteiger partial charge is 0.430 e. The summed E-state index contributed by atoms with van der Waals surface area (Å²) in [5.74, 6) is -2.63. The summed E-state index contributed by atoms with van der Waals surface area (Å²) in [6.45, 7) is 8.01. The molecule has 4 atom stereocenters. The summed E-state index contributed by atoms with van der Waals surface area (Å²) in [5.41, 5.74) is -1.96. The Kier molecular flexibility index (Phi) is 9.82. The number of halogens is 4. The zero-order chi connectivity index (χ0) is 29.9. The van der Waals surface area contributed by atoms with E-state index >= 15 is 8.78 Å². The highest BCUT2D eigenvalue weighted by Crippen LogP contribution is 2.53. The van der Waals surface area contributed by atoms with Gasteiger partial charge in [0.2, 0.25) is 0 Å². The zero-order valence-electron chi connectivity index (χ0n) is 23.4. The van der Waals surface area contributed by atoms with Crippen LogP contribution in [-0.2, 0) is 10.2 Å². The van der Waals surface area contributed by atoms with Crippen molar-refractivity contribution in [3.8, 4) is 6.07 Å². The summed E-state index contributed by atoms with van der Waals surface area (Å²) in [6, 6.07) is 9.92. The molecule has 0 spiro atoms. The third-order valence-electron chi connectivity index (χ3n) is 7.96. The van der Waals surface area contributed by atoms with Crippen LogP contribution in [0.15, 0.2) is 36.4 Å². The number of nitriles is 1. The van der Waals surface area contributed by atoms with Gasteiger partial charge in [0.25, 0.3) is 0 Å². The number of carbonyl (C=O) groups excluding carboxylic acids is 1. The fourth-order valence-corrected chi connectivity index (χ4v) is 6.47. The summed E-state index contributed by atoms with van der Waals surface area (Å²) in [6.07, 6.45) is -0.185. The van der Waals surface area contributed by atoms with Crippen LogP contribution in [0.1, 0.15) is 57.1 Å². The van der Waals surface area contributed by atoms with Crippen molar-refractivity contribution >= 4 is 29.3 Å². The molecule has 0 aliphatic carbocycles. The van der Waals surface area contributed by atoms with Gasteiger partial charge in [-0.05, 0) is 48.4 Å². The molecule has 2 aliphatic heterocycles. The molecule has 2 fully saturated rings. The Morgan fingerprint density at radius 3 is 2.56 bits per heavy atom. The van der Waals surface area contributed by atoms with Crippen LogP contribution in [0.2, 0.25) is 10.0 Å². The third-order valence-corrected chi connectivity index (χ3v) is 8.49. The monoisotopic (exact) mass is 608 g/mol. The number of likely N-dealkylation sites (tertiary alicyclic amines) is 1. The molecule has 0 unspecified atom stereocenters. The van der Waals surface area contributed by atoms with E-state index in [0.29, 0.717) is 38.9 Å². The molecule has 7 nitrogen and oxygen atoms in total. The second-order valence-electron chi connectivity index (χ2n) is 12.0. The molecule has 2 saturated heterocycles. The Hall–Kier alpha value is -2.48. The van der Waals surface area contributed by atoms with E-state index in [1.165, 1.54) is 24.3 Å². The number of aliphatic hydroxyl groups is 1. The third kappa shape index (κ3) is 6.79. The number of β-amino-alcohol motifs (C(OH)–C–C–N with tert-alkyl or cyclic N) is 1. The maximum Gasteiger partial charge on any atom is 0.408 e. The quantitative estimate of drug-likeness (QED) is 0.371. The maximum atomic E-state index is 15.7. The molecule has 2 aliphatic rings. The van der Waals surface area contributed by atoms with Gasteiger partial charge in [0, 0.05) is 42.3 Å². The Bertz CT molecular complexity index is 1290. The molecule has 0 aromatic heterocycles. The number of nitrogens with one attached hydrogen (secondary N) is 2. The Morgan fingerprint density at radius 1 is 1.24 bits per heavy atom. The summed E-state index contributed by atoms with van der Waals surface area (Å²) < 4.78 is 37.3. The van der Waals surface area contributed by atoms with Gasteiger partial charge in [-0.15, -0.1) is 0 Å². The summed E-state index contributed by atoms with van der Waals surface area (Å²) in [7, 11) is 0. The van der Waals surface area contributed by atoms with Gasteiger partial charge < -0.3 is 20.1 Å². The molecular weight excluding hydrogens is 573 g/mol. The minimum absolute atomic E-state index is 0.0262. The first-order chi connectivity index (χ1) is 19.4. The standard InChI is InChI=1S/C30H36Cl2F2N4O3/c1-29(2,3)16-24-30(17-35,21-8-7-18(31)15-23(21)33)25(20-5-4-6-22(32)26(20)34)27(37-24)41-28(40)36-19-9-11-38(12-10-19)13-14-39/h4-8,15,19,24-25,27,37,39H,9-14,16H2,1-3H3,(H,36,40)/t24-,25-,27+,30-/m0/s1. The number of hydrogen-bond acceptors (Lipinski definition) is 6. The number of benzene rings is 2. The van der Waals surface area contributed by atoms with Crippen LogP contribution in [0, 0.1) is 28.4 Å². The van der Waals surface area contributed by atoms with Crippen molar-refractivity contribution in [1.82, 2.24) is 15.5 Å². The Morgan fingerprint density at radius 2 is 1.95 bits per heavy atom. The van der Waals surface area contributed by atoms with E-state index in [1.807, 2.05) is 20.8 Å². The van der Waals surface area contributed by atoms with Crippen molar-refractivity contribution in [1.29, 1.82) is 5.26 Å². The number of amides is 1. The van der Waals surface area contributed by atoms with Crippen LogP contribution >= 0.6 is 23.2 Å².